The van der Waals surface area contributed by atoms with Gasteiger partial charge in [0.25, 0.3) is 0 Å². The predicted molar refractivity (Wildman–Crippen MR) is 77.0 cm³/mol. The molecule has 0 bridgehead atoms. The van der Waals surface area contributed by atoms with Crippen molar-refractivity contribution in [2.75, 3.05) is 24.8 Å². The van der Waals surface area contributed by atoms with Gasteiger partial charge in [0.05, 0.1) is 7.11 Å². The fourth-order valence-electron chi connectivity index (χ4n) is 1.58. The molecule has 2 rings (SSSR count). The summed E-state index contributed by atoms with van der Waals surface area (Å²) in [5, 5.41) is 0. The van der Waals surface area contributed by atoms with Crippen LogP contribution in [0.2, 0.25) is 0 Å². The van der Waals surface area contributed by atoms with Gasteiger partial charge in [-0.1, -0.05) is 34.1 Å². The lowest BCUT2D eigenvalue weighted by Crippen LogP contribution is -2.20. The van der Waals surface area contributed by atoms with Gasteiger partial charge in [0.15, 0.2) is 0 Å². The smallest absolute Gasteiger partial charge is 0.322 e. The van der Waals surface area contributed by atoms with E-state index < -0.39 is 0 Å². The molecule has 0 radical (unpaired) electrons. The van der Waals surface area contributed by atoms with Crippen molar-refractivity contribution in [3.05, 3.63) is 34.3 Å². The number of methoxy groups -OCH3 is 1. The molecule has 19 heavy (non-hydrogen) atoms. The Bertz CT molecular complexity index is 578. The Morgan fingerprint density at radius 3 is 2.68 bits per heavy atom. The Morgan fingerprint density at radius 2 is 2.00 bits per heavy atom. The highest BCUT2D eigenvalue weighted by Gasteiger charge is 2.10. The van der Waals surface area contributed by atoms with Crippen molar-refractivity contribution in [1.82, 2.24) is 15.0 Å². The molecule has 1 aromatic heterocycles. The molecule has 0 aliphatic carbocycles. The molecular weight excluding hydrogens is 310 g/mol. The molecule has 2 aromatic rings. The fourth-order valence-corrected chi connectivity index (χ4v) is 1.99. The Kier molecular flexibility index (Phi) is 4.16. The number of nitrogens with two attached hydrogens (primary N) is 1. The molecule has 0 atom stereocenters. The Balaban J connectivity index is 2.22. The fraction of sp³-hybridized carbons (Fsp3) is 0.250. The Hall–Kier alpha value is -1.89. The minimum Gasteiger partial charge on any atom is -0.467 e. The van der Waals surface area contributed by atoms with Crippen LogP contribution in [-0.2, 0) is 6.54 Å². The van der Waals surface area contributed by atoms with Crippen LogP contribution in [-0.4, -0.2) is 29.1 Å². The highest BCUT2D eigenvalue weighted by molar-refractivity contribution is 9.10. The number of nitrogen functional groups attached to an aromatic ring is 1. The molecule has 0 aliphatic rings. The molecule has 0 saturated heterocycles. The SMILES string of the molecule is COc1nc(N)nc(N(C)Cc2ccccc2Br)n1. The number of anilines is 2. The average Bonchev–Trinajstić information content (AvgIpc) is 2.40. The Labute approximate surface area is 119 Å². The van der Waals surface area contributed by atoms with Crippen LogP contribution in [0.4, 0.5) is 11.9 Å². The third-order valence-electron chi connectivity index (χ3n) is 2.51. The van der Waals surface area contributed by atoms with Gasteiger partial charge in [-0.25, -0.2) is 0 Å². The summed E-state index contributed by atoms with van der Waals surface area (Å²) in [5.41, 5.74) is 6.75. The van der Waals surface area contributed by atoms with E-state index in [0.717, 1.165) is 10.0 Å². The van der Waals surface area contributed by atoms with Crippen molar-refractivity contribution in [3.63, 3.8) is 0 Å². The second kappa shape index (κ2) is 5.83. The number of hydrogen-bond acceptors (Lipinski definition) is 6. The van der Waals surface area contributed by atoms with Crippen LogP contribution in [0.5, 0.6) is 6.01 Å². The van der Waals surface area contributed by atoms with Crippen LogP contribution in [0.25, 0.3) is 0 Å². The number of rotatable bonds is 4. The third-order valence-corrected chi connectivity index (χ3v) is 3.28. The highest BCUT2D eigenvalue weighted by atomic mass is 79.9. The molecule has 100 valence electrons. The van der Waals surface area contributed by atoms with Crippen LogP contribution in [0.1, 0.15) is 5.56 Å². The van der Waals surface area contributed by atoms with Crippen LogP contribution in [0, 0.1) is 0 Å². The molecule has 1 aromatic carbocycles. The maximum Gasteiger partial charge on any atom is 0.322 e. The van der Waals surface area contributed by atoms with E-state index in [2.05, 4.69) is 30.9 Å². The lowest BCUT2D eigenvalue weighted by Gasteiger charge is -2.18. The van der Waals surface area contributed by atoms with Crippen molar-refractivity contribution in [2.24, 2.45) is 0 Å². The normalized spacial score (nSPS) is 10.3. The van der Waals surface area contributed by atoms with Crippen LogP contribution in [0.3, 0.4) is 0 Å². The standard InChI is InChI=1S/C12H14BrN5O/c1-18(7-8-5-3-4-6-9(8)13)11-15-10(14)16-12(17-11)19-2/h3-6H,7H2,1-2H3,(H2,14,15,16,17). The van der Waals surface area contributed by atoms with Crippen molar-refractivity contribution in [3.8, 4) is 6.01 Å². The molecule has 0 spiro atoms. The maximum atomic E-state index is 5.62. The Morgan fingerprint density at radius 1 is 1.26 bits per heavy atom. The van der Waals surface area contributed by atoms with Gasteiger partial charge >= 0.3 is 6.01 Å². The van der Waals surface area contributed by atoms with Gasteiger partial charge in [-0.2, -0.15) is 15.0 Å². The zero-order chi connectivity index (χ0) is 13.8. The van der Waals surface area contributed by atoms with Crippen LogP contribution < -0.4 is 15.4 Å². The first-order chi connectivity index (χ1) is 9.10. The molecule has 2 N–H and O–H groups in total. The average molecular weight is 324 g/mol. The summed E-state index contributed by atoms with van der Waals surface area (Å²) >= 11 is 3.51. The first kappa shape index (κ1) is 13.5. The zero-order valence-corrected chi connectivity index (χ0v) is 12.3. The lowest BCUT2D eigenvalue weighted by molar-refractivity contribution is 0.379. The molecule has 0 aliphatic heterocycles. The molecule has 0 fully saturated rings. The first-order valence-electron chi connectivity index (χ1n) is 5.60. The summed E-state index contributed by atoms with van der Waals surface area (Å²) in [5.74, 6) is 0.612. The minimum absolute atomic E-state index is 0.140. The van der Waals surface area contributed by atoms with E-state index in [1.54, 1.807) is 0 Å². The van der Waals surface area contributed by atoms with E-state index in [9.17, 15) is 0 Å². The number of nitrogens with zero attached hydrogens (tertiary/aromatic N) is 4. The van der Waals surface area contributed by atoms with Gasteiger partial charge in [-0.3, -0.25) is 0 Å². The van der Waals surface area contributed by atoms with Crippen molar-refractivity contribution < 1.29 is 4.74 Å². The van der Waals surface area contributed by atoms with Crippen molar-refractivity contribution in [1.29, 1.82) is 0 Å². The summed E-state index contributed by atoms with van der Waals surface area (Å²) in [6.07, 6.45) is 0. The molecular formula is C12H14BrN5O. The number of benzene rings is 1. The van der Waals surface area contributed by atoms with E-state index in [0.29, 0.717) is 12.5 Å². The predicted octanol–water partition coefficient (Wildman–Crippen LogP) is 1.86. The lowest BCUT2D eigenvalue weighted by atomic mass is 10.2. The number of aromatic nitrogens is 3. The maximum absolute atomic E-state index is 5.62. The topological polar surface area (TPSA) is 77.2 Å². The minimum atomic E-state index is 0.140. The monoisotopic (exact) mass is 323 g/mol. The van der Waals surface area contributed by atoms with Crippen molar-refractivity contribution in [2.45, 2.75) is 6.54 Å². The zero-order valence-electron chi connectivity index (χ0n) is 10.7. The second-order valence-corrected chi connectivity index (χ2v) is 4.78. The van der Waals surface area contributed by atoms with Gasteiger partial charge in [0.2, 0.25) is 11.9 Å². The number of hydrogen-bond donors (Lipinski definition) is 1. The summed E-state index contributed by atoms with van der Waals surface area (Å²) < 4.78 is 6.02. The van der Waals surface area contributed by atoms with Gasteiger partial charge in [0, 0.05) is 18.1 Å². The van der Waals surface area contributed by atoms with E-state index in [-0.39, 0.29) is 12.0 Å². The number of ether oxygens (including phenoxy) is 1. The summed E-state index contributed by atoms with van der Waals surface area (Å²) in [6.45, 7) is 0.647. The van der Waals surface area contributed by atoms with Gasteiger partial charge in [-0.15, -0.1) is 0 Å². The summed E-state index contributed by atoms with van der Waals surface area (Å²) in [6, 6.07) is 8.18. The quantitative estimate of drug-likeness (QED) is 0.925. The van der Waals surface area contributed by atoms with E-state index in [4.69, 9.17) is 10.5 Å². The molecule has 7 heteroatoms. The van der Waals surface area contributed by atoms with Crippen LogP contribution in [0.15, 0.2) is 28.7 Å². The van der Waals surface area contributed by atoms with Gasteiger partial charge in [0.1, 0.15) is 0 Å². The van der Waals surface area contributed by atoms with Gasteiger partial charge < -0.3 is 15.4 Å². The highest BCUT2D eigenvalue weighted by Crippen LogP contribution is 2.20. The van der Waals surface area contributed by atoms with Crippen LogP contribution >= 0.6 is 15.9 Å². The number of halogens is 1. The molecule has 0 unspecified atom stereocenters. The van der Waals surface area contributed by atoms with E-state index in [1.165, 1.54) is 7.11 Å². The molecule has 0 saturated carbocycles. The molecule has 0 amide bonds. The molecule has 6 nitrogen and oxygen atoms in total. The molecule has 1 heterocycles. The van der Waals surface area contributed by atoms with E-state index in [1.807, 2.05) is 36.2 Å². The third kappa shape index (κ3) is 3.31. The van der Waals surface area contributed by atoms with Crippen molar-refractivity contribution >= 4 is 27.8 Å². The van der Waals surface area contributed by atoms with Gasteiger partial charge in [-0.05, 0) is 11.6 Å². The largest absolute Gasteiger partial charge is 0.467 e. The summed E-state index contributed by atoms with van der Waals surface area (Å²) in [4.78, 5) is 14.0. The second-order valence-electron chi connectivity index (χ2n) is 3.93. The van der Waals surface area contributed by atoms with E-state index >= 15 is 0 Å². The first-order valence-corrected chi connectivity index (χ1v) is 6.39. The summed E-state index contributed by atoms with van der Waals surface area (Å²) in [7, 11) is 3.37.